The Kier molecular flexibility index (Phi) is 10.3. The maximum atomic E-state index is 9.66. The van der Waals surface area contributed by atoms with Crippen LogP contribution in [0.15, 0.2) is 243 Å². The Bertz CT molecular complexity index is 3690. The van der Waals surface area contributed by atoms with Gasteiger partial charge in [0.1, 0.15) is 0 Å². The fraction of sp³-hybridized carbons (Fsp3) is 0. The lowest BCUT2D eigenvalue weighted by Gasteiger charge is -2.26. The highest BCUT2D eigenvalue weighted by Gasteiger charge is 2.24. The Labute approximate surface area is 395 Å². The van der Waals surface area contributed by atoms with Crippen molar-refractivity contribution < 1.29 is 0 Å². The van der Waals surface area contributed by atoms with Gasteiger partial charge in [-0.15, -0.1) is 0 Å². The van der Waals surface area contributed by atoms with E-state index in [-0.39, 0.29) is 0 Å². The van der Waals surface area contributed by atoms with Crippen molar-refractivity contribution in [3.63, 3.8) is 0 Å². The number of hydrogen-bond acceptors (Lipinski definition) is 4. The molecule has 0 saturated heterocycles. The SMILES string of the molecule is N=C(/C(=C1\NC(c2ccccc2)=Cc2cc(-c3cccc(-c4cc(-c5ccc(-n6c7ccccc7c7ccccc76)cc5)nc(-c5ccccc5)n4)c3)ccc21)c1ccccc1)c1ccccc1. The first-order valence-corrected chi connectivity index (χ1v) is 22.9. The van der Waals surface area contributed by atoms with Crippen LogP contribution in [0.3, 0.4) is 0 Å². The normalized spacial score (nSPS) is 12.9. The van der Waals surface area contributed by atoms with Gasteiger partial charge in [0.15, 0.2) is 5.82 Å². The van der Waals surface area contributed by atoms with Crippen molar-refractivity contribution in [1.82, 2.24) is 19.9 Å². The van der Waals surface area contributed by atoms with Gasteiger partial charge in [0, 0.05) is 55.5 Å². The molecule has 9 aromatic carbocycles. The Morgan fingerprint density at radius 2 is 0.926 bits per heavy atom. The zero-order valence-corrected chi connectivity index (χ0v) is 37.0. The molecule has 5 heteroatoms. The summed E-state index contributed by atoms with van der Waals surface area (Å²) < 4.78 is 2.34. The predicted octanol–water partition coefficient (Wildman–Crippen LogP) is 15.3. The van der Waals surface area contributed by atoms with E-state index in [1.807, 2.05) is 72.8 Å². The highest BCUT2D eigenvalue weighted by molar-refractivity contribution is 6.36. The van der Waals surface area contributed by atoms with E-state index in [1.54, 1.807) is 0 Å². The Balaban J connectivity index is 0.959. The molecule has 0 unspecified atom stereocenters. The largest absolute Gasteiger partial charge is 0.354 e. The van der Waals surface area contributed by atoms with E-state index in [1.165, 1.54) is 21.8 Å². The van der Waals surface area contributed by atoms with Gasteiger partial charge in [-0.05, 0) is 76.4 Å². The molecule has 0 fully saturated rings. The number of nitrogens with zero attached hydrogens (tertiary/aromatic N) is 3. The molecule has 320 valence electrons. The number of rotatable bonds is 9. The Hall–Kier alpha value is -9.19. The number of hydrogen-bond donors (Lipinski definition) is 2. The number of para-hydroxylation sites is 2. The molecule has 1 aliphatic rings. The third-order valence-electron chi connectivity index (χ3n) is 12.8. The first kappa shape index (κ1) is 40.3. The summed E-state index contributed by atoms with van der Waals surface area (Å²) in [6.07, 6.45) is 2.23. The van der Waals surface area contributed by atoms with E-state index in [2.05, 4.69) is 186 Å². The number of benzene rings is 9. The summed E-state index contributed by atoms with van der Waals surface area (Å²) in [7, 11) is 0. The van der Waals surface area contributed by atoms with Crippen LogP contribution in [0.1, 0.15) is 27.8 Å². The maximum absolute atomic E-state index is 9.66. The Morgan fingerprint density at radius 3 is 1.59 bits per heavy atom. The molecule has 0 bridgehead atoms. The molecule has 11 aromatic rings. The number of nitrogens with one attached hydrogen (secondary N) is 2. The van der Waals surface area contributed by atoms with Crippen LogP contribution in [0.2, 0.25) is 0 Å². The molecule has 0 atom stereocenters. The maximum Gasteiger partial charge on any atom is 0.160 e. The number of allylic oxidation sites excluding steroid dienone is 1. The quantitative estimate of drug-likeness (QED) is 0.142. The van der Waals surface area contributed by atoms with Crippen molar-refractivity contribution in [3.05, 3.63) is 270 Å². The van der Waals surface area contributed by atoms with Gasteiger partial charge in [0.25, 0.3) is 0 Å². The van der Waals surface area contributed by atoms with E-state index in [4.69, 9.17) is 9.97 Å². The Morgan fingerprint density at radius 1 is 0.412 bits per heavy atom. The minimum Gasteiger partial charge on any atom is -0.354 e. The summed E-state index contributed by atoms with van der Waals surface area (Å²) in [5.41, 5.74) is 18.4. The van der Waals surface area contributed by atoms with E-state index in [9.17, 15) is 5.41 Å². The average Bonchev–Trinajstić information content (AvgIpc) is 3.76. The summed E-state index contributed by atoms with van der Waals surface area (Å²) in [6.45, 7) is 0. The summed E-state index contributed by atoms with van der Waals surface area (Å²) in [6, 6.07) is 84.2. The van der Waals surface area contributed by atoms with Crippen LogP contribution >= 0.6 is 0 Å². The second-order valence-electron chi connectivity index (χ2n) is 17.0. The minimum atomic E-state index is 0.453. The van der Waals surface area contributed by atoms with Crippen LogP contribution in [0.4, 0.5) is 0 Å². The van der Waals surface area contributed by atoms with E-state index in [0.29, 0.717) is 11.5 Å². The molecule has 2 aromatic heterocycles. The molecule has 1 aliphatic heterocycles. The van der Waals surface area contributed by atoms with Gasteiger partial charge in [0.2, 0.25) is 0 Å². The summed E-state index contributed by atoms with van der Waals surface area (Å²) in [5.74, 6) is 0.671. The predicted molar refractivity (Wildman–Crippen MR) is 282 cm³/mol. The highest BCUT2D eigenvalue weighted by atomic mass is 15.0. The molecule has 0 amide bonds. The third-order valence-corrected chi connectivity index (χ3v) is 12.8. The number of aromatic nitrogens is 3. The van der Waals surface area contributed by atoms with Gasteiger partial charge < -0.3 is 9.88 Å². The molecule has 68 heavy (non-hydrogen) atoms. The second kappa shape index (κ2) is 17.3. The van der Waals surface area contributed by atoms with Gasteiger partial charge in [-0.25, -0.2) is 9.97 Å². The van der Waals surface area contributed by atoms with Crippen LogP contribution < -0.4 is 5.32 Å². The summed E-state index contributed by atoms with van der Waals surface area (Å²) >= 11 is 0. The van der Waals surface area contributed by atoms with Gasteiger partial charge in [0.05, 0.1) is 33.8 Å². The fourth-order valence-electron chi connectivity index (χ4n) is 9.52. The fourth-order valence-corrected chi connectivity index (χ4v) is 9.52. The molecular formula is C63H43N5. The van der Waals surface area contributed by atoms with Crippen molar-refractivity contribution in [2.45, 2.75) is 0 Å². The molecule has 12 rings (SSSR count). The van der Waals surface area contributed by atoms with Gasteiger partial charge >= 0.3 is 0 Å². The first-order valence-electron chi connectivity index (χ1n) is 22.9. The van der Waals surface area contributed by atoms with Crippen molar-refractivity contribution >= 4 is 50.6 Å². The van der Waals surface area contributed by atoms with Crippen LogP contribution in [0, 0.1) is 5.41 Å². The van der Waals surface area contributed by atoms with Gasteiger partial charge in [-0.1, -0.05) is 200 Å². The molecule has 5 nitrogen and oxygen atoms in total. The minimum absolute atomic E-state index is 0.453. The molecule has 0 aliphatic carbocycles. The molecule has 2 N–H and O–H groups in total. The zero-order valence-electron chi connectivity index (χ0n) is 37.0. The molecular weight excluding hydrogens is 827 g/mol. The van der Waals surface area contributed by atoms with Crippen LogP contribution in [0.5, 0.6) is 0 Å². The number of fused-ring (bicyclic) bond motifs is 4. The third kappa shape index (κ3) is 7.48. The van der Waals surface area contributed by atoms with Crippen molar-refractivity contribution in [3.8, 4) is 50.7 Å². The summed E-state index contributed by atoms with van der Waals surface area (Å²) in [4.78, 5) is 10.4. The molecule has 0 spiro atoms. The van der Waals surface area contributed by atoms with E-state index in [0.717, 1.165) is 89.7 Å². The topological polar surface area (TPSA) is 66.6 Å². The van der Waals surface area contributed by atoms with Crippen LogP contribution in [0.25, 0.3) is 95.6 Å². The first-order chi connectivity index (χ1) is 33.6. The molecule has 0 saturated carbocycles. The zero-order chi connectivity index (χ0) is 45.4. The lowest BCUT2D eigenvalue weighted by Crippen LogP contribution is -2.20. The lowest BCUT2D eigenvalue weighted by atomic mass is 9.86. The highest BCUT2D eigenvalue weighted by Crippen LogP contribution is 2.39. The molecule has 0 radical (unpaired) electrons. The van der Waals surface area contributed by atoms with Crippen LogP contribution in [-0.2, 0) is 0 Å². The smallest absolute Gasteiger partial charge is 0.160 e. The second-order valence-corrected chi connectivity index (χ2v) is 17.0. The van der Waals surface area contributed by atoms with Crippen molar-refractivity contribution in [2.24, 2.45) is 0 Å². The van der Waals surface area contributed by atoms with Crippen LogP contribution in [-0.4, -0.2) is 20.2 Å². The van der Waals surface area contributed by atoms with E-state index >= 15 is 0 Å². The van der Waals surface area contributed by atoms with Gasteiger partial charge in [-0.2, -0.15) is 0 Å². The van der Waals surface area contributed by atoms with Crippen molar-refractivity contribution in [1.29, 1.82) is 5.41 Å². The summed E-state index contributed by atoms with van der Waals surface area (Å²) in [5, 5.41) is 15.9. The lowest BCUT2D eigenvalue weighted by molar-refractivity contribution is 1.17. The van der Waals surface area contributed by atoms with Crippen molar-refractivity contribution in [2.75, 3.05) is 0 Å². The standard InChI is InChI=1S/C63H43N5/c64-61(45-22-9-3-10-23-45)60(44-20-7-2-8-21-44)62-52-37-34-48(39-50(52)40-55(65-62)42-18-5-1-6-19-42)47-26-17-27-49(38-47)57-41-56(66-63(67-57)46-24-11-4-12-25-46)43-32-35-51(36-33-43)68-58-30-15-13-28-53(58)54-29-14-16-31-59(54)68/h1-41,64-65H/b62-60-,64-61?. The average molecular weight is 870 g/mol. The van der Waals surface area contributed by atoms with Gasteiger partial charge in [-0.3, -0.25) is 5.41 Å². The monoisotopic (exact) mass is 869 g/mol. The molecule has 3 heterocycles. The van der Waals surface area contributed by atoms with E-state index < -0.39 is 0 Å².